The Hall–Kier alpha value is -5.15. The Labute approximate surface area is 279 Å². The van der Waals surface area contributed by atoms with Crippen molar-refractivity contribution in [2.45, 2.75) is 33.4 Å². The van der Waals surface area contributed by atoms with Gasteiger partial charge in [-0.05, 0) is 89.8 Å². The number of allylic oxidation sites excluding steroid dienone is 1. The van der Waals surface area contributed by atoms with Gasteiger partial charge in [0.2, 0.25) is 5.75 Å². The molecule has 0 saturated heterocycles. The molecule has 3 aromatic carbocycles. The lowest BCUT2D eigenvalue weighted by atomic mass is 9.96. The van der Waals surface area contributed by atoms with Crippen LogP contribution in [0.3, 0.4) is 0 Å². The molecule has 0 saturated carbocycles. The third-order valence-corrected chi connectivity index (χ3v) is 8.67. The van der Waals surface area contributed by atoms with Gasteiger partial charge in [-0.3, -0.25) is 29.6 Å². The van der Waals surface area contributed by atoms with Crippen molar-refractivity contribution in [1.82, 2.24) is 4.57 Å². The molecule has 242 valence electrons. The third kappa shape index (κ3) is 7.00. The Kier molecular flexibility index (Phi) is 9.96. The SMILES string of the molecule is CCOC(=O)C1=C(C)N=c2s/c(=C\c3cc(Br)c(OCc4ccc([N+](=O)[O-])cc4)c([N+](=O)[O-])c3)c(=O)n2[C@H]1c1ccc(OCC)cc1. The Morgan fingerprint density at radius 2 is 1.72 bits per heavy atom. The van der Waals surface area contributed by atoms with Gasteiger partial charge in [0, 0.05) is 18.2 Å². The summed E-state index contributed by atoms with van der Waals surface area (Å²) in [5.74, 6) is -0.00247. The van der Waals surface area contributed by atoms with E-state index in [1.54, 1.807) is 44.2 Å². The van der Waals surface area contributed by atoms with Crippen LogP contribution >= 0.6 is 27.3 Å². The highest BCUT2D eigenvalue weighted by Crippen LogP contribution is 2.37. The molecule has 1 aliphatic heterocycles. The quantitative estimate of drug-likeness (QED) is 0.113. The molecule has 13 nitrogen and oxygen atoms in total. The van der Waals surface area contributed by atoms with Gasteiger partial charge in [-0.2, -0.15) is 0 Å². The predicted molar refractivity (Wildman–Crippen MR) is 176 cm³/mol. The van der Waals surface area contributed by atoms with E-state index < -0.39 is 27.4 Å². The lowest BCUT2D eigenvalue weighted by Crippen LogP contribution is -2.39. The molecule has 47 heavy (non-hydrogen) atoms. The second-order valence-electron chi connectivity index (χ2n) is 10.1. The summed E-state index contributed by atoms with van der Waals surface area (Å²) in [6, 6.07) is 14.7. The molecule has 0 spiro atoms. The van der Waals surface area contributed by atoms with Crippen molar-refractivity contribution in [2.75, 3.05) is 13.2 Å². The minimum atomic E-state index is -0.834. The summed E-state index contributed by atoms with van der Waals surface area (Å²) in [6.07, 6.45) is 1.51. The molecule has 1 aliphatic rings. The average molecular weight is 724 g/mol. The van der Waals surface area contributed by atoms with Gasteiger partial charge in [-0.15, -0.1) is 0 Å². The summed E-state index contributed by atoms with van der Waals surface area (Å²) >= 11 is 4.44. The first-order chi connectivity index (χ1) is 22.5. The fourth-order valence-electron chi connectivity index (χ4n) is 5.00. The lowest BCUT2D eigenvalue weighted by Gasteiger charge is -2.24. The van der Waals surface area contributed by atoms with Crippen LogP contribution in [0.15, 0.2) is 86.2 Å². The maximum atomic E-state index is 14.0. The number of halogens is 1. The van der Waals surface area contributed by atoms with Crippen molar-refractivity contribution < 1.29 is 28.9 Å². The number of non-ortho nitro benzene ring substituents is 1. The minimum Gasteiger partial charge on any atom is -0.494 e. The van der Waals surface area contributed by atoms with E-state index in [-0.39, 0.29) is 44.9 Å². The number of fused-ring (bicyclic) bond motifs is 1. The van der Waals surface area contributed by atoms with E-state index in [4.69, 9.17) is 14.2 Å². The first-order valence-electron chi connectivity index (χ1n) is 14.3. The third-order valence-electron chi connectivity index (χ3n) is 7.09. The number of hydrogen-bond donors (Lipinski definition) is 0. The van der Waals surface area contributed by atoms with E-state index in [1.807, 2.05) is 6.92 Å². The number of rotatable bonds is 11. The second-order valence-corrected chi connectivity index (χ2v) is 12.0. The summed E-state index contributed by atoms with van der Waals surface area (Å²) in [5.41, 5.74) is 1.30. The Morgan fingerprint density at radius 1 is 1.02 bits per heavy atom. The van der Waals surface area contributed by atoms with E-state index in [9.17, 15) is 29.8 Å². The van der Waals surface area contributed by atoms with Gasteiger partial charge in [0.1, 0.15) is 12.4 Å². The highest BCUT2D eigenvalue weighted by molar-refractivity contribution is 9.10. The van der Waals surface area contributed by atoms with Gasteiger partial charge in [-0.25, -0.2) is 9.79 Å². The van der Waals surface area contributed by atoms with Crippen LogP contribution in [0, 0.1) is 20.2 Å². The van der Waals surface area contributed by atoms with Crippen LogP contribution in [0.1, 0.15) is 43.5 Å². The number of carbonyl (C=O) groups excluding carboxylic acids is 1. The lowest BCUT2D eigenvalue weighted by molar-refractivity contribution is -0.386. The molecule has 0 fully saturated rings. The van der Waals surface area contributed by atoms with E-state index in [0.29, 0.717) is 39.5 Å². The van der Waals surface area contributed by atoms with Crippen molar-refractivity contribution in [3.8, 4) is 11.5 Å². The number of esters is 1. The van der Waals surface area contributed by atoms with Gasteiger partial charge >= 0.3 is 11.7 Å². The predicted octanol–water partition coefficient (Wildman–Crippen LogP) is 5.35. The molecule has 15 heteroatoms. The zero-order chi connectivity index (χ0) is 33.8. The van der Waals surface area contributed by atoms with Gasteiger partial charge < -0.3 is 14.2 Å². The van der Waals surface area contributed by atoms with E-state index in [1.165, 1.54) is 41.0 Å². The fraction of sp³-hybridized carbons (Fsp3) is 0.219. The average Bonchev–Trinajstić information content (AvgIpc) is 3.34. The van der Waals surface area contributed by atoms with E-state index >= 15 is 0 Å². The van der Waals surface area contributed by atoms with Crippen LogP contribution in [-0.4, -0.2) is 33.6 Å². The number of nitro benzene ring substituents is 2. The van der Waals surface area contributed by atoms with Crippen molar-refractivity contribution in [3.63, 3.8) is 0 Å². The summed E-state index contributed by atoms with van der Waals surface area (Å²) in [7, 11) is 0. The first-order valence-corrected chi connectivity index (χ1v) is 15.9. The minimum absolute atomic E-state index is 0.0443. The van der Waals surface area contributed by atoms with Crippen LogP contribution in [0.4, 0.5) is 11.4 Å². The standard InChI is InChI=1S/C32H27BrN4O9S/c1-4-44-23-12-8-21(9-13-23)28-27(31(39)45-5-2)18(3)34-32-35(28)30(38)26(47-32)16-20-14-24(33)29(25(15-20)37(42)43)46-17-19-6-10-22(11-7-19)36(40)41/h6-16,28H,4-5,17H2,1-3H3/b26-16-/t28-/m0/s1. The topological polar surface area (TPSA) is 165 Å². The van der Waals surface area contributed by atoms with Crippen molar-refractivity contribution in [1.29, 1.82) is 0 Å². The zero-order valence-electron chi connectivity index (χ0n) is 25.3. The Balaban J connectivity index is 1.56. The van der Waals surface area contributed by atoms with Crippen molar-refractivity contribution >= 4 is 50.7 Å². The molecule has 4 aromatic rings. The first kappa shape index (κ1) is 33.2. The van der Waals surface area contributed by atoms with Crippen LogP contribution in [0.25, 0.3) is 6.08 Å². The van der Waals surface area contributed by atoms with E-state index in [0.717, 1.165) is 11.3 Å². The summed E-state index contributed by atoms with van der Waals surface area (Å²) in [6.45, 7) is 5.77. The molecule has 0 radical (unpaired) electrons. The van der Waals surface area contributed by atoms with E-state index in [2.05, 4.69) is 20.9 Å². The number of hydrogen-bond acceptors (Lipinski definition) is 11. The van der Waals surface area contributed by atoms with Crippen LogP contribution < -0.4 is 24.4 Å². The van der Waals surface area contributed by atoms with Crippen molar-refractivity contribution in [2.24, 2.45) is 4.99 Å². The molecule has 0 bridgehead atoms. The number of ether oxygens (including phenoxy) is 3. The molecule has 0 amide bonds. The maximum absolute atomic E-state index is 14.0. The number of benzene rings is 3. The Morgan fingerprint density at radius 3 is 2.34 bits per heavy atom. The molecule has 0 aliphatic carbocycles. The number of nitro groups is 2. The Bertz CT molecular complexity index is 2090. The smallest absolute Gasteiger partial charge is 0.338 e. The summed E-state index contributed by atoms with van der Waals surface area (Å²) in [5, 5.41) is 23.0. The highest BCUT2D eigenvalue weighted by atomic mass is 79.9. The molecule has 2 heterocycles. The maximum Gasteiger partial charge on any atom is 0.338 e. The highest BCUT2D eigenvalue weighted by Gasteiger charge is 2.33. The second kappa shape index (κ2) is 14.1. The molecular weight excluding hydrogens is 696 g/mol. The van der Waals surface area contributed by atoms with Crippen LogP contribution in [0.2, 0.25) is 0 Å². The number of carbonyl (C=O) groups is 1. The number of aromatic nitrogens is 1. The van der Waals surface area contributed by atoms with Gasteiger partial charge in [0.15, 0.2) is 4.80 Å². The van der Waals surface area contributed by atoms with Gasteiger partial charge in [0.05, 0.1) is 49.4 Å². The molecule has 0 N–H and O–H groups in total. The molecular formula is C32H27BrN4O9S. The zero-order valence-corrected chi connectivity index (χ0v) is 27.7. The molecule has 5 rings (SSSR count). The molecule has 0 unspecified atom stereocenters. The summed E-state index contributed by atoms with van der Waals surface area (Å²) < 4.78 is 18.6. The van der Waals surface area contributed by atoms with Crippen LogP contribution in [0.5, 0.6) is 11.5 Å². The van der Waals surface area contributed by atoms with Crippen molar-refractivity contribution in [3.05, 3.63) is 133 Å². The van der Waals surface area contributed by atoms with Gasteiger partial charge in [0.25, 0.3) is 11.2 Å². The van der Waals surface area contributed by atoms with Crippen LogP contribution in [-0.2, 0) is 16.1 Å². The molecule has 1 atom stereocenters. The number of nitrogens with zero attached hydrogens (tertiary/aromatic N) is 4. The normalized spacial score (nSPS) is 14.3. The van der Waals surface area contributed by atoms with Gasteiger partial charge in [-0.1, -0.05) is 23.5 Å². The number of thiazole rings is 1. The monoisotopic (exact) mass is 722 g/mol. The largest absolute Gasteiger partial charge is 0.494 e. The molecule has 1 aromatic heterocycles. The summed E-state index contributed by atoms with van der Waals surface area (Å²) in [4.78, 5) is 53.9. The fourth-order valence-corrected chi connectivity index (χ4v) is 6.63.